The summed E-state index contributed by atoms with van der Waals surface area (Å²) in [4.78, 5) is 63.1. The monoisotopic (exact) mass is 549 g/mol. The zero-order valence-electron chi connectivity index (χ0n) is 23.5. The Balaban J connectivity index is 1.34. The number of nitrogens with one attached hydrogen (secondary N) is 3. The summed E-state index contributed by atoms with van der Waals surface area (Å²) in [6.07, 6.45) is 10.9. The Morgan fingerprint density at radius 3 is 2.58 bits per heavy atom. The van der Waals surface area contributed by atoms with Crippen LogP contribution in [-0.4, -0.2) is 68.7 Å². The Morgan fingerprint density at radius 2 is 1.95 bits per heavy atom. The highest BCUT2D eigenvalue weighted by Gasteiger charge is 2.53. The van der Waals surface area contributed by atoms with Crippen molar-refractivity contribution in [3.63, 3.8) is 0 Å². The van der Waals surface area contributed by atoms with Gasteiger partial charge in [0.2, 0.25) is 17.7 Å². The second-order valence-corrected chi connectivity index (χ2v) is 13.1. The maximum Gasteiger partial charge on any atom is 0.272 e. The van der Waals surface area contributed by atoms with Crippen LogP contribution in [0.5, 0.6) is 0 Å². The lowest BCUT2D eigenvalue weighted by Crippen LogP contribution is -2.59. The normalized spacial score (nSPS) is 28.1. The van der Waals surface area contributed by atoms with Crippen LogP contribution in [0.4, 0.5) is 0 Å². The number of amides is 4. The van der Waals surface area contributed by atoms with Gasteiger partial charge in [-0.2, -0.15) is 5.26 Å². The van der Waals surface area contributed by atoms with Gasteiger partial charge in [-0.05, 0) is 55.8 Å². The molecule has 6 atom stereocenters. The Labute approximate surface area is 234 Å². The molecule has 40 heavy (non-hydrogen) atoms. The van der Waals surface area contributed by atoms with Crippen molar-refractivity contribution in [2.75, 3.05) is 6.54 Å². The molecular weight excluding hydrogens is 510 g/mol. The topological polar surface area (TPSA) is 157 Å². The molecular formula is C29H39N7O4. The number of hydrogen-bond acceptors (Lipinski definition) is 7. The van der Waals surface area contributed by atoms with Gasteiger partial charge in [-0.1, -0.05) is 33.6 Å². The second kappa shape index (κ2) is 10.8. The third kappa shape index (κ3) is 5.67. The number of hydrogen-bond donors (Lipinski definition) is 3. The lowest BCUT2D eigenvalue weighted by Gasteiger charge is -2.36. The molecule has 11 heteroatoms. The first-order valence-corrected chi connectivity index (χ1v) is 14.4. The van der Waals surface area contributed by atoms with Crippen molar-refractivity contribution in [3.8, 4) is 6.07 Å². The smallest absolute Gasteiger partial charge is 0.272 e. The molecule has 2 saturated heterocycles. The fraction of sp³-hybridized carbons (Fsp3) is 0.690. The predicted molar refractivity (Wildman–Crippen MR) is 144 cm³/mol. The first kappa shape index (κ1) is 28.0. The molecule has 4 aliphatic rings. The molecule has 11 nitrogen and oxygen atoms in total. The van der Waals surface area contributed by atoms with Crippen LogP contribution in [-0.2, 0) is 14.4 Å². The third-order valence-corrected chi connectivity index (χ3v) is 9.12. The van der Waals surface area contributed by atoms with Gasteiger partial charge in [-0.15, -0.1) is 0 Å². The molecule has 0 bridgehead atoms. The van der Waals surface area contributed by atoms with E-state index in [0.29, 0.717) is 13.0 Å². The molecule has 1 aromatic rings. The number of carbonyl (C=O) groups is 4. The van der Waals surface area contributed by atoms with Crippen molar-refractivity contribution >= 4 is 23.6 Å². The fourth-order valence-electron chi connectivity index (χ4n) is 6.81. The van der Waals surface area contributed by atoms with Crippen molar-refractivity contribution in [2.24, 2.45) is 23.2 Å². The minimum Gasteiger partial charge on any atom is -0.350 e. The maximum absolute atomic E-state index is 14.1. The summed E-state index contributed by atoms with van der Waals surface area (Å²) < 4.78 is 0. The highest BCUT2D eigenvalue weighted by Crippen LogP contribution is 2.46. The summed E-state index contributed by atoms with van der Waals surface area (Å²) in [5.41, 5.74) is -0.643. The molecule has 5 rings (SSSR count). The van der Waals surface area contributed by atoms with E-state index in [9.17, 15) is 24.4 Å². The Bertz CT molecular complexity index is 1200. The largest absolute Gasteiger partial charge is 0.350 e. The zero-order chi connectivity index (χ0) is 28.7. The van der Waals surface area contributed by atoms with Gasteiger partial charge in [0.15, 0.2) is 0 Å². The summed E-state index contributed by atoms with van der Waals surface area (Å²) in [6.45, 7) is 6.04. The predicted octanol–water partition coefficient (Wildman–Crippen LogP) is 1.71. The van der Waals surface area contributed by atoms with Gasteiger partial charge < -0.3 is 20.9 Å². The molecule has 1 spiro atoms. The van der Waals surface area contributed by atoms with E-state index in [1.165, 1.54) is 18.6 Å². The van der Waals surface area contributed by atoms with E-state index in [-0.39, 0.29) is 53.1 Å². The molecule has 0 aromatic carbocycles. The van der Waals surface area contributed by atoms with Crippen molar-refractivity contribution in [1.82, 2.24) is 30.8 Å². The van der Waals surface area contributed by atoms with Crippen LogP contribution >= 0.6 is 0 Å². The molecule has 3 N–H and O–H groups in total. The van der Waals surface area contributed by atoms with Gasteiger partial charge in [-0.25, -0.2) is 4.98 Å². The molecule has 2 saturated carbocycles. The van der Waals surface area contributed by atoms with Crippen LogP contribution < -0.4 is 16.0 Å². The number of nitriles is 1. The van der Waals surface area contributed by atoms with E-state index in [1.807, 2.05) is 20.8 Å². The average Bonchev–Trinajstić information content (AvgIpc) is 3.44. The maximum atomic E-state index is 14.1. The number of carbonyl (C=O) groups excluding carboxylic acids is 4. The Kier molecular flexibility index (Phi) is 7.55. The molecule has 2 aliphatic carbocycles. The summed E-state index contributed by atoms with van der Waals surface area (Å²) in [6, 6.07) is -0.292. The van der Waals surface area contributed by atoms with Crippen molar-refractivity contribution < 1.29 is 19.2 Å². The van der Waals surface area contributed by atoms with Crippen LogP contribution in [0.1, 0.15) is 82.6 Å². The van der Waals surface area contributed by atoms with Gasteiger partial charge in [0.1, 0.15) is 23.8 Å². The van der Waals surface area contributed by atoms with E-state index in [1.54, 1.807) is 4.90 Å². The quantitative estimate of drug-likeness (QED) is 0.467. The number of nitrogens with zero attached hydrogens (tertiary/aromatic N) is 4. The van der Waals surface area contributed by atoms with E-state index in [4.69, 9.17) is 0 Å². The van der Waals surface area contributed by atoms with Crippen LogP contribution in [0.3, 0.4) is 0 Å². The molecule has 2 aliphatic heterocycles. The van der Waals surface area contributed by atoms with Gasteiger partial charge in [0.05, 0.1) is 12.3 Å². The van der Waals surface area contributed by atoms with Gasteiger partial charge >= 0.3 is 0 Å². The Morgan fingerprint density at radius 1 is 1.20 bits per heavy atom. The summed E-state index contributed by atoms with van der Waals surface area (Å²) >= 11 is 0. The van der Waals surface area contributed by atoms with Crippen LogP contribution in [0.2, 0.25) is 0 Å². The SMILES string of the molecule is CC(C)(C)[C@H](NC(=O)c1cnccn1)C(=O)N1C[C@@H]2CCCC[C@@H]2[C@H]1C(=O)N[C@H](C#N)C[C@@H]1CC2(CC2)NC1=O. The highest BCUT2D eigenvalue weighted by molar-refractivity contribution is 5.97. The average molecular weight is 550 g/mol. The van der Waals surface area contributed by atoms with E-state index in [2.05, 4.69) is 32.0 Å². The number of fused-ring (bicyclic) bond motifs is 1. The van der Waals surface area contributed by atoms with Gasteiger partial charge in [-0.3, -0.25) is 24.2 Å². The highest BCUT2D eigenvalue weighted by atomic mass is 16.2. The molecule has 1 aromatic heterocycles. The Hall–Kier alpha value is -3.55. The number of likely N-dealkylation sites (tertiary alicyclic amines) is 1. The summed E-state index contributed by atoms with van der Waals surface area (Å²) in [5.74, 6) is -1.38. The first-order chi connectivity index (χ1) is 19.0. The minimum atomic E-state index is -0.902. The minimum absolute atomic E-state index is 0.0159. The molecule has 0 unspecified atom stereocenters. The molecule has 214 valence electrons. The van der Waals surface area contributed by atoms with Crippen LogP contribution in [0.15, 0.2) is 18.6 Å². The van der Waals surface area contributed by atoms with Crippen molar-refractivity contribution in [2.45, 2.75) is 95.8 Å². The van der Waals surface area contributed by atoms with Crippen LogP contribution in [0, 0.1) is 34.5 Å². The summed E-state index contributed by atoms with van der Waals surface area (Å²) in [5, 5.41) is 18.7. The van der Waals surface area contributed by atoms with E-state index >= 15 is 0 Å². The van der Waals surface area contributed by atoms with Gasteiger partial charge in [0, 0.05) is 30.4 Å². The van der Waals surface area contributed by atoms with Crippen molar-refractivity contribution in [3.05, 3.63) is 24.3 Å². The number of rotatable bonds is 7. The van der Waals surface area contributed by atoms with Gasteiger partial charge in [0.25, 0.3) is 5.91 Å². The molecule has 4 amide bonds. The molecule has 3 heterocycles. The van der Waals surface area contributed by atoms with Crippen LogP contribution in [0.25, 0.3) is 0 Å². The van der Waals surface area contributed by atoms with E-state index < -0.39 is 29.4 Å². The standard InChI is InChI=1S/C29H39N7O4/c1-28(2,3)23(34-25(38)21-15-31-10-11-32-21)27(40)36-16-17-6-4-5-7-20(17)22(36)26(39)33-19(14-30)12-18-13-29(8-9-29)35-24(18)37/h10-11,15,17-20,22-23H,4-9,12-13,16H2,1-3H3,(H,33,39)(H,34,38)(H,35,37)/t17-,18+,19-,20-,22-,23+/m0/s1. The first-order valence-electron chi connectivity index (χ1n) is 14.4. The fourth-order valence-corrected chi connectivity index (χ4v) is 6.81. The molecule has 4 fully saturated rings. The summed E-state index contributed by atoms with van der Waals surface area (Å²) in [7, 11) is 0. The lowest BCUT2D eigenvalue weighted by atomic mass is 9.78. The second-order valence-electron chi connectivity index (χ2n) is 13.1. The van der Waals surface area contributed by atoms with E-state index in [0.717, 1.165) is 38.5 Å². The number of aromatic nitrogens is 2. The lowest BCUT2D eigenvalue weighted by molar-refractivity contribution is -0.143. The third-order valence-electron chi connectivity index (χ3n) is 9.12. The van der Waals surface area contributed by atoms with Crippen molar-refractivity contribution in [1.29, 1.82) is 5.26 Å². The zero-order valence-corrected chi connectivity index (χ0v) is 23.5. The molecule has 0 radical (unpaired) electrons.